The Morgan fingerprint density at radius 3 is 2.39 bits per heavy atom. The van der Waals surface area contributed by atoms with Gasteiger partial charge >= 0.3 is 0 Å². The molecule has 0 bridgehead atoms. The molecule has 8 atom stereocenters. The summed E-state index contributed by atoms with van der Waals surface area (Å²) < 4.78 is 0. The maximum Gasteiger partial charge on any atom is 0.133 e. The van der Waals surface area contributed by atoms with Gasteiger partial charge in [-0.05, 0) is 107 Å². The fourth-order valence-corrected chi connectivity index (χ4v) is 7.75. The van der Waals surface area contributed by atoms with Gasteiger partial charge < -0.3 is 5.11 Å². The molecule has 0 aromatic rings. The summed E-state index contributed by atoms with van der Waals surface area (Å²) in [5.74, 6) is 4.92. The van der Waals surface area contributed by atoms with Crippen molar-refractivity contribution in [2.75, 3.05) is 0 Å². The molecule has 0 saturated heterocycles. The molecule has 4 saturated carbocycles. The van der Waals surface area contributed by atoms with E-state index in [1.165, 1.54) is 38.5 Å². The van der Waals surface area contributed by atoms with Gasteiger partial charge in [-0.2, -0.15) is 0 Å². The van der Waals surface area contributed by atoms with Crippen molar-refractivity contribution in [3.05, 3.63) is 0 Å². The molecule has 4 fully saturated rings. The van der Waals surface area contributed by atoms with Gasteiger partial charge in [-0.15, -0.1) is 0 Å². The first-order chi connectivity index (χ1) is 10.8. The predicted molar refractivity (Wildman–Crippen MR) is 91.9 cm³/mol. The Morgan fingerprint density at radius 1 is 0.913 bits per heavy atom. The van der Waals surface area contributed by atoms with Crippen molar-refractivity contribution >= 4 is 5.78 Å². The molecule has 23 heavy (non-hydrogen) atoms. The van der Waals surface area contributed by atoms with E-state index < -0.39 is 5.60 Å². The molecule has 4 aliphatic rings. The number of hydrogen-bond acceptors (Lipinski definition) is 2. The van der Waals surface area contributed by atoms with Crippen LogP contribution in [0.1, 0.15) is 78.6 Å². The lowest BCUT2D eigenvalue weighted by Gasteiger charge is -2.56. The van der Waals surface area contributed by atoms with E-state index in [9.17, 15) is 9.90 Å². The van der Waals surface area contributed by atoms with E-state index in [-0.39, 0.29) is 0 Å². The van der Waals surface area contributed by atoms with Crippen molar-refractivity contribution < 1.29 is 9.90 Å². The number of fused-ring (bicyclic) bond motifs is 5. The molecule has 0 amide bonds. The first kappa shape index (κ1) is 16.1. The van der Waals surface area contributed by atoms with E-state index in [0.717, 1.165) is 48.9 Å². The van der Waals surface area contributed by atoms with Gasteiger partial charge in [0.1, 0.15) is 5.78 Å². The standard InChI is InChI=1S/C21H34O2/c1-13(22)18-6-7-19-17-5-4-14-12-20(2,23)10-8-15(14)16(17)9-11-21(18,19)3/h14-19,23H,4-12H2,1-3H3/t14-,15+,16-,17-,18-,19+,20-,21-/m1/s1. The van der Waals surface area contributed by atoms with Gasteiger partial charge in [0.2, 0.25) is 0 Å². The van der Waals surface area contributed by atoms with Gasteiger partial charge in [-0.1, -0.05) is 6.92 Å². The summed E-state index contributed by atoms with van der Waals surface area (Å²) in [6.07, 6.45) is 11.0. The third-order valence-electron chi connectivity index (χ3n) is 8.73. The number of aliphatic hydroxyl groups is 1. The van der Waals surface area contributed by atoms with Crippen LogP contribution in [0.25, 0.3) is 0 Å². The number of Topliss-reactive ketones (excluding diaryl/α,β-unsaturated/α-hetero) is 1. The van der Waals surface area contributed by atoms with Crippen LogP contribution in [0, 0.1) is 40.9 Å². The molecular weight excluding hydrogens is 284 g/mol. The van der Waals surface area contributed by atoms with Crippen LogP contribution in [0.4, 0.5) is 0 Å². The molecule has 1 N–H and O–H groups in total. The lowest BCUT2D eigenvalue weighted by molar-refractivity contribution is -0.130. The first-order valence-electron chi connectivity index (χ1n) is 10.0. The van der Waals surface area contributed by atoms with E-state index in [0.29, 0.717) is 17.1 Å². The van der Waals surface area contributed by atoms with Crippen LogP contribution in [0.2, 0.25) is 0 Å². The van der Waals surface area contributed by atoms with E-state index in [4.69, 9.17) is 0 Å². The van der Waals surface area contributed by atoms with Crippen molar-refractivity contribution in [1.29, 1.82) is 0 Å². The highest BCUT2D eigenvalue weighted by Crippen LogP contribution is 2.64. The van der Waals surface area contributed by atoms with Crippen molar-refractivity contribution in [3.8, 4) is 0 Å². The topological polar surface area (TPSA) is 37.3 Å². The fourth-order valence-electron chi connectivity index (χ4n) is 7.75. The molecule has 0 heterocycles. The van der Waals surface area contributed by atoms with E-state index in [1.54, 1.807) is 0 Å². The van der Waals surface area contributed by atoms with Gasteiger partial charge in [0.25, 0.3) is 0 Å². The Morgan fingerprint density at radius 2 is 1.65 bits per heavy atom. The van der Waals surface area contributed by atoms with Crippen LogP contribution in [-0.2, 0) is 4.79 Å². The minimum Gasteiger partial charge on any atom is -0.390 e. The van der Waals surface area contributed by atoms with Gasteiger partial charge in [-0.25, -0.2) is 0 Å². The predicted octanol–water partition coefficient (Wildman–Crippen LogP) is 4.60. The van der Waals surface area contributed by atoms with E-state index in [2.05, 4.69) is 6.92 Å². The quantitative estimate of drug-likeness (QED) is 0.767. The molecule has 2 nitrogen and oxygen atoms in total. The summed E-state index contributed by atoms with van der Waals surface area (Å²) in [4.78, 5) is 12.1. The van der Waals surface area contributed by atoms with Crippen molar-refractivity contribution in [2.45, 2.75) is 84.2 Å². The number of carbonyl (C=O) groups excluding carboxylic acids is 1. The highest BCUT2D eigenvalue weighted by atomic mass is 16.3. The Bertz CT molecular complexity index is 496. The van der Waals surface area contributed by atoms with Gasteiger partial charge in [0, 0.05) is 5.92 Å². The molecule has 4 aliphatic carbocycles. The molecule has 130 valence electrons. The van der Waals surface area contributed by atoms with Crippen LogP contribution in [0.3, 0.4) is 0 Å². The minimum absolute atomic E-state index is 0.292. The number of hydrogen-bond donors (Lipinski definition) is 1. The number of carbonyl (C=O) groups is 1. The van der Waals surface area contributed by atoms with E-state index >= 15 is 0 Å². The minimum atomic E-state index is -0.412. The number of ketones is 1. The molecular formula is C21H34O2. The van der Waals surface area contributed by atoms with Crippen molar-refractivity contribution in [2.24, 2.45) is 40.9 Å². The maximum absolute atomic E-state index is 12.1. The summed E-state index contributed by atoms with van der Waals surface area (Å²) in [6.45, 7) is 6.30. The fraction of sp³-hybridized carbons (Fsp3) is 0.952. The molecule has 0 aliphatic heterocycles. The average molecular weight is 319 g/mol. The third kappa shape index (κ3) is 2.42. The Kier molecular flexibility index (Phi) is 3.72. The molecule has 0 aromatic heterocycles. The maximum atomic E-state index is 12.1. The second-order valence-electron chi connectivity index (χ2n) is 9.96. The Hall–Kier alpha value is -0.370. The van der Waals surface area contributed by atoms with Crippen LogP contribution >= 0.6 is 0 Å². The normalized spacial score (nSPS) is 55.7. The molecule has 0 unspecified atom stereocenters. The summed E-state index contributed by atoms with van der Waals surface area (Å²) in [5.41, 5.74) is -0.121. The highest BCUT2D eigenvalue weighted by Gasteiger charge is 2.58. The largest absolute Gasteiger partial charge is 0.390 e. The lowest BCUT2D eigenvalue weighted by Crippen LogP contribution is -2.50. The Balaban J connectivity index is 1.56. The van der Waals surface area contributed by atoms with Gasteiger partial charge in [0.05, 0.1) is 5.60 Å². The zero-order valence-electron chi connectivity index (χ0n) is 15.2. The second kappa shape index (κ2) is 5.31. The number of rotatable bonds is 1. The molecule has 2 heteroatoms. The average Bonchev–Trinajstić information content (AvgIpc) is 2.83. The summed E-state index contributed by atoms with van der Waals surface area (Å²) in [7, 11) is 0. The van der Waals surface area contributed by atoms with Crippen LogP contribution < -0.4 is 0 Å². The van der Waals surface area contributed by atoms with Gasteiger partial charge in [-0.3, -0.25) is 4.79 Å². The summed E-state index contributed by atoms with van der Waals surface area (Å²) in [5, 5.41) is 10.5. The Labute approximate surface area is 141 Å². The van der Waals surface area contributed by atoms with E-state index in [1.807, 2.05) is 13.8 Å². The second-order valence-corrected chi connectivity index (χ2v) is 9.96. The zero-order chi connectivity index (χ0) is 16.4. The van der Waals surface area contributed by atoms with Crippen LogP contribution in [0.15, 0.2) is 0 Å². The van der Waals surface area contributed by atoms with Crippen LogP contribution in [-0.4, -0.2) is 16.5 Å². The van der Waals surface area contributed by atoms with Gasteiger partial charge in [0.15, 0.2) is 0 Å². The SMILES string of the molecule is CC(=O)[C@H]1CC[C@H]2[C@@H]3CC[C@@H]4C[C@](C)(O)CC[C@@H]4[C@H]3CC[C@]12C. The molecule has 0 radical (unpaired) electrons. The third-order valence-corrected chi connectivity index (χ3v) is 8.73. The smallest absolute Gasteiger partial charge is 0.133 e. The molecule has 0 spiro atoms. The first-order valence-corrected chi connectivity index (χ1v) is 10.0. The summed E-state index contributed by atoms with van der Waals surface area (Å²) in [6, 6.07) is 0. The van der Waals surface area contributed by atoms with Crippen LogP contribution in [0.5, 0.6) is 0 Å². The zero-order valence-corrected chi connectivity index (χ0v) is 15.2. The molecule has 4 rings (SSSR count). The highest BCUT2D eigenvalue weighted by molar-refractivity contribution is 5.79. The monoisotopic (exact) mass is 318 g/mol. The van der Waals surface area contributed by atoms with Crippen molar-refractivity contribution in [3.63, 3.8) is 0 Å². The lowest BCUT2D eigenvalue weighted by atomic mass is 9.49. The van der Waals surface area contributed by atoms with Crippen molar-refractivity contribution in [1.82, 2.24) is 0 Å². The molecule has 0 aromatic carbocycles. The summed E-state index contributed by atoms with van der Waals surface area (Å²) >= 11 is 0.